The lowest BCUT2D eigenvalue weighted by atomic mass is 10.1. The third-order valence-corrected chi connectivity index (χ3v) is 2.87. The number of nitrogens with two attached hydrogens (primary N) is 1. The number of fused-ring (bicyclic) bond motifs is 1. The highest BCUT2D eigenvalue weighted by atomic mass is 15.0. The summed E-state index contributed by atoms with van der Waals surface area (Å²) in [7, 11) is 0. The van der Waals surface area contributed by atoms with E-state index in [0.29, 0.717) is 12.2 Å². The molecule has 0 aromatic carbocycles. The van der Waals surface area contributed by atoms with Gasteiger partial charge in [-0.05, 0) is 18.6 Å². The third-order valence-electron chi connectivity index (χ3n) is 2.87. The molecule has 3 N–H and O–H groups in total. The maximum Gasteiger partial charge on any atom is 0.180 e. The number of rotatable bonds is 6. The number of nitrogens with zero attached hydrogens (tertiary/aromatic N) is 3. The van der Waals surface area contributed by atoms with Gasteiger partial charge >= 0.3 is 0 Å². The van der Waals surface area contributed by atoms with Gasteiger partial charge in [-0.25, -0.2) is 9.97 Å². The summed E-state index contributed by atoms with van der Waals surface area (Å²) in [6, 6.07) is 4.11. The van der Waals surface area contributed by atoms with Crippen molar-refractivity contribution in [3.63, 3.8) is 0 Å². The summed E-state index contributed by atoms with van der Waals surface area (Å²) in [5, 5.41) is 3.35. The fraction of sp³-hybridized carbons (Fsp3) is 0.462. The highest BCUT2D eigenvalue weighted by molar-refractivity contribution is 5.71. The van der Waals surface area contributed by atoms with Crippen LogP contribution < -0.4 is 11.1 Å². The molecular weight excluding hydrogens is 226 g/mol. The molecule has 0 saturated heterocycles. The summed E-state index contributed by atoms with van der Waals surface area (Å²) < 4.78 is 0. The average molecular weight is 245 g/mol. The smallest absolute Gasteiger partial charge is 0.180 e. The molecule has 0 spiro atoms. The van der Waals surface area contributed by atoms with E-state index < -0.39 is 0 Å². The van der Waals surface area contributed by atoms with Crippen LogP contribution in [-0.4, -0.2) is 27.5 Å². The van der Waals surface area contributed by atoms with Gasteiger partial charge in [0.25, 0.3) is 0 Å². The minimum absolute atomic E-state index is 0.270. The molecule has 2 rings (SSSR count). The molecule has 5 heteroatoms. The quantitative estimate of drug-likeness (QED) is 0.813. The fourth-order valence-corrected chi connectivity index (χ4v) is 1.84. The lowest BCUT2D eigenvalue weighted by Crippen LogP contribution is -2.29. The van der Waals surface area contributed by atoms with Gasteiger partial charge in [-0.2, -0.15) is 0 Å². The van der Waals surface area contributed by atoms with Crippen LogP contribution in [0.4, 0.5) is 5.82 Å². The summed E-state index contributed by atoms with van der Waals surface area (Å²) in [6.45, 7) is 2.79. The SMILES string of the molecule is CCCCC(CN)Nc1ccc2nccnc2n1. The number of unbranched alkanes of at least 4 members (excludes halogenated alkanes) is 1. The largest absolute Gasteiger partial charge is 0.366 e. The van der Waals surface area contributed by atoms with E-state index in [2.05, 4.69) is 27.2 Å². The van der Waals surface area contributed by atoms with Crippen molar-refractivity contribution in [3.05, 3.63) is 24.5 Å². The zero-order valence-corrected chi connectivity index (χ0v) is 10.6. The van der Waals surface area contributed by atoms with Gasteiger partial charge in [-0.3, -0.25) is 4.98 Å². The van der Waals surface area contributed by atoms with Crippen molar-refractivity contribution >= 4 is 17.0 Å². The molecule has 5 nitrogen and oxygen atoms in total. The molecule has 96 valence electrons. The van der Waals surface area contributed by atoms with Gasteiger partial charge in [0.05, 0.1) is 0 Å². The second-order valence-electron chi connectivity index (χ2n) is 4.31. The van der Waals surface area contributed by atoms with E-state index in [1.807, 2.05) is 12.1 Å². The summed E-state index contributed by atoms with van der Waals surface area (Å²) in [6.07, 6.45) is 6.72. The zero-order valence-electron chi connectivity index (χ0n) is 10.6. The van der Waals surface area contributed by atoms with E-state index in [4.69, 9.17) is 5.73 Å². The molecule has 2 aromatic heterocycles. The second kappa shape index (κ2) is 6.26. The standard InChI is InChI=1S/C13H19N5/c1-2-3-4-10(9-14)17-12-6-5-11-13(18-12)16-8-7-15-11/h5-8,10H,2-4,9,14H2,1H3,(H,16,17,18). The molecule has 1 unspecified atom stereocenters. The molecule has 1 atom stereocenters. The number of pyridine rings is 1. The first-order valence-electron chi connectivity index (χ1n) is 6.38. The van der Waals surface area contributed by atoms with E-state index in [9.17, 15) is 0 Å². The van der Waals surface area contributed by atoms with Crippen LogP contribution in [0.3, 0.4) is 0 Å². The van der Waals surface area contributed by atoms with Gasteiger partial charge in [-0.1, -0.05) is 19.8 Å². The van der Waals surface area contributed by atoms with Gasteiger partial charge in [0.2, 0.25) is 0 Å². The molecule has 0 radical (unpaired) electrons. The maximum absolute atomic E-state index is 5.76. The Morgan fingerprint density at radius 3 is 2.89 bits per heavy atom. The Hall–Kier alpha value is -1.75. The van der Waals surface area contributed by atoms with Crippen molar-refractivity contribution < 1.29 is 0 Å². The molecule has 18 heavy (non-hydrogen) atoms. The molecule has 0 bridgehead atoms. The Balaban J connectivity index is 2.10. The Labute approximate surface area is 107 Å². The monoisotopic (exact) mass is 245 g/mol. The van der Waals surface area contributed by atoms with Gasteiger partial charge in [0.1, 0.15) is 11.3 Å². The number of hydrogen-bond donors (Lipinski definition) is 2. The van der Waals surface area contributed by atoms with Crippen molar-refractivity contribution in [1.29, 1.82) is 0 Å². The first-order chi connectivity index (χ1) is 8.83. The number of nitrogens with one attached hydrogen (secondary N) is 1. The highest BCUT2D eigenvalue weighted by Gasteiger charge is 2.07. The molecule has 2 heterocycles. The Morgan fingerprint density at radius 2 is 2.11 bits per heavy atom. The minimum atomic E-state index is 0.270. The van der Waals surface area contributed by atoms with Crippen LogP contribution in [-0.2, 0) is 0 Å². The van der Waals surface area contributed by atoms with Crippen molar-refractivity contribution in [2.45, 2.75) is 32.2 Å². The van der Waals surface area contributed by atoms with Crippen LogP contribution in [0.2, 0.25) is 0 Å². The number of anilines is 1. The van der Waals surface area contributed by atoms with Crippen LogP contribution in [0.25, 0.3) is 11.2 Å². The first-order valence-corrected chi connectivity index (χ1v) is 6.38. The van der Waals surface area contributed by atoms with E-state index >= 15 is 0 Å². The van der Waals surface area contributed by atoms with Crippen molar-refractivity contribution in [2.75, 3.05) is 11.9 Å². The normalized spacial score (nSPS) is 12.6. The van der Waals surface area contributed by atoms with Gasteiger partial charge in [0.15, 0.2) is 5.65 Å². The molecule has 0 saturated carbocycles. The topological polar surface area (TPSA) is 76.7 Å². The lowest BCUT2D eigenvalue weighted by molar-refractivity contribution is 0.612. The lowest BCUT2D eigenvalue weighted by Gasteiger charge is -2.17. The minimum Gasteiger partial charge on any atom is -0.366 e. The van der Waals surface area contributed by atoms with Crippen molar-refractivity contribution in [2.24, 2.45) is 5.73 Å². The van der Waals surface area contributed by atoms with Crippen LogP contribution >= 0.6 is 0 Å². The van der Waals surface area contributed by atoms with E-state index in [-0.39, 0.29) is 6.04 Å². The molecule has 0 aliphatic carbocycles. The van der Waals surface area contributed by atoms with Gasteiger partial charge in [-0.15, -0.1) is 0 Å². The van der Waals surface area contributed by atoms with Crippen molar-refractivity contribution in [1.82, 2.24) is 15.0 Å². The molecule has 0 aliphatic heterocycles. The van der Waals surface area contributed by atoms with E-state index in [1.54, 1.807) is 12.4 Å². The molecule has 2 aromatic rings. The zero-order chi connectivity index (χ0) is 12.8. The Kier molecular flexibility index (Phi) is 4.41. The van der Waals surface area contributed by atoms with Crippen molar-refractivity contribution in [3.8, 4) is 0 Å². The molecule has 0 aliphatic rings. The summed E-state index contributed by atoms with van der Waals surface area (Å²) in [5.74, 6) is 0.814. The predicted octanol–water partition coefficient (Wildman–Crippen LogP) is 1.95. The fourth-order valence-electron chi connectivity index (χ4n) is 1.84. The van der Waals surface area contributed by atoms with Gasteiger partial charge < -0.3 is 11.1 Å². The Bertz CT molecular complexity index is 499. The van der Waals surface area contributed by atoms with Crippen LogP contribution in [0, 0.1) is 0 Å². The average Bonchev–Trinajstić information content (AvgIpc) is 2.43. The number of aromatic nitrogens is 3. The molecule has 0 fully saturated rings. The van der Waals surface area contributed by atoms with Crippen LogP contribution in [0.15, 0.2) is 24.5 Å². The number of hydrogen-bond acceptors (Lipinski definition) is 5. The van der Waals surface area contributed by atoms with Crippen LogP contribution in [0.1, 0.15) is 26.2 Å². The summed E-state index contributed by atoms with van der Waals surface area (Å²) >= 11 is 0. The molecule has 0 amide bonds. The Morgan fingerprint density at radius 1 is 1.28 bits per heavy atom. The predicted molar refractivity (Wildman–Crippen MR) is 73.3 cm³/mol. The highest BCUT2D eigenvalue weighted by Crippen LogP contribution is 2.12. The van der Waals surface area contributed by atoms with Crippen LogP contribution in [0.5, 0.6) is 0 Å². The summed E-state index contributed by atoms with van der Waals surface area (Å²) in [5.41, 5.74) is 7.22. The van der Waals surface area contributed by atoms with Gasteiger partial charge in [0, 0.05) is 25.0 Å². The first kappa shape index (κ1) is 12.7. The van der Waals surface area contributed by atoms with E-state index in [0.717, 1.165) is 17.8 Å². The third kappa shape index (κ3) is 3.13. The summed E-state index contributed by atoms with van der Waals surface area (Å²) in [4.78, 5) is 12.8. The molecular formula is C13H19N5. The second-order valence-corrected chi connectivity index (χ2v) is 4.31. The maximum atomic E-state index is 5.76. The van der Waals surface area contributed by atoms with E-state index in [1.165, 1.54) is 12.8 Å².